The second-order valence-electron chi connectivity index (χ2n) is 9.14. The predicted octanol–water partition coefficient (Wildman–Crippen LogP) is 3.19. The van der Waals surface area contributed by atoms with Gasteiger partial charge in [0.1, 0.15) is 0 Å². The average Bonchev–Trinajstić information content (AvgIpc) is 3.28. The quantitative estimate of drug-likeness (QED) is 0.768. The van der Waals surface area contributed by atoms with Crippen molar-refractivity contribution in [3.8, 4) is 0 Å². The van der Waals surface area contributed by atoms with E-state index in [2.05, 4.69) is 16.7 Å². The van der Waals surface area contributed by atoms with Crippen LogP contribution in [-0.2, 0) is 4.74 Å². The molecule has 0 aromatic heterocycles. The molecular formula is C21H37N3O2. The van der Waals surface area contributed by atoms with E-state index in [4.69, 9.17) is 4.74 Å². The second kappa shape index (κ2) is 7.67. The largest absolute Gasteiger partial charge is 0.450 e. The summed E-state index contributed by atoms with van der Waals surface area (Å²) < 4.78 is 5.18. The minimum Gasteiger partial charge on any atom is -0.450 e. The van der Waals surface area contributed by atoms with Crippen molar-refractivity contribution in [1.29, 1.82) is 0 Å². The van der Waals surface area contributed by atoms with Crippen molar-refractivity contribution in [2.24, 2.45) is 11.3 Å². The lowest BCUT2D eigenvalue weighted by molar-refractivity contribution is -0.0156. The van der Waals surface area contributed by atoms with Crippen molar-refractivity contribution in [3.05, 3.63) is 0 Å². The number of nitrogens with zero attached hydrogens (tertiary/aromatic N) is 3. The Morgan fingerprint density at radius 2 is 1.85 bits per heavy atom. The van der Waals surface area contributed by atoms with Crippen LogP contribution in [0.5, 0.6) is 0 Å². The molecule has 5 nitrogen and oxygen atoms in total. The topological polar surface area (TPSA) is 36.0 Å². The summed E-state index contributed by atoms with van der Waals surface area (Å²) in [7, 11) is 0. The number of amides is 1. The van der Waals surface area contributed by atoms with Gasteiger partial charge in [-0.05, 0) is 89.4 Å². The standard InChI is InChI=1S/C21H37N3O2/c1-3-22-10-5-6-19(22)17-7-11-23(12-8-17)18-14-21(15-18)9-13-24(16-21)20(25)26-4-2/h17-19H,3-16H2,1-2H3/t18?,19-,21?/m0/s1. The second-order valence-corrected chi connectivity index (χ2v) is 9.14. The number of likely N-dealkylation sites (tertiary alicyclic amines) is 3. The van der Waals surface area contributed by atoms with Crippen molar-refractivity contribution in [2.45, 2.75) is 70.9 Å². The first-order valence-electron chi connectivity index (χ1n) is 11.0. The molecule has 3 aliphatic heterocycles. The van der Waals surface area contributed by atoms with E-state index in [1.54, 1.807) is 0 Å². The van der Waals surface area contributed by atoms with Gasteiger partial charge in [-0.3, -0.25) is 0 Å². The highest BCUT2D eigenvalue weighted by atomic mass is 16.6. The smallest absolute Gasteiger partial charge is 0.409 e. The minimum atomic E-state index is -0.106. The first-order chi connectivity index (χ1) is 12.6. The summed E-state index contributed by atoms with van der Waals surface area (Å²) in [5, 5.41) is 0. The Labute approximate surface area is 159 Å². The van der Waals surface area contributed by atoms with E-state index in [-0.39, 0.29) is 6.09 Å². The molecule has 0 aromatic carbocycles. The molecule has 0 radical (unpaired) electrons. The van der Waals surface area contributed by atoms with Crippen molar-refractivity contribution in [1.82, 2.24) is 14.7 Å². The fourth-order valence-corrected chi connectivity index (χ4v) is 6.28. The molecule has 26 heavy (non-hydrogen) atoms. The molecule has 0 aromatic rings. The van der Waals surface area contributed by atoms with E-state index in [1.165, 1.54) is 71.1 Å². The summed E-state index contributed by atoms with van der Waals surface area (Å²) >= 11 is 0. The maximum atomic E-state index is 12.0. The highest BCUT2D eigenvalue weighted by molar-refractivity contribution is 5.68. The summed E-state index contributed by atoms with van der Waals surface area (Å²) in [5.41, 5.74) is 0.402. The van der Waals surface area contributed by atoms with Crippen LogP contribution < -0.4 is 0 Å². The third-order valence-electron chi connectivity index (χ3n) is 7.76. The molecule has 3 heterocycles. The van der Waals surface area contributed by atoms with E-state index in [9.17, 15) is 4.79 Å². The molecule has 3 saturated heterocycles. The van der Waals surface area contributed by atoms with Crippen LogP contribution in [0.4, 0.5) is 4.79 Å². The Kier molecular flexibility index (Phi) is 5.47. The van der Waals surface area contributed by atoms with Crippen LogP contribution in [0.15, 0.2) is 0 Å². The van der Waals surface area contributed by atoms with E-state index in [0.29, 0.717) is 12.0 Å². The maximum absolute atomic E-state index is 12.0. The fraction of sp³-hybridized carbons (Fsp3) is 0.952. The lowest BCUT2D eigenvalue weighted by Gasteiger charge is -2.52. The van der Waals surface area contributed by atoms with Gasteiger partial charge in [0.25, 0.3) is 0 Å². The van der Waals surface area contributed by atoms with E-state index in [0.717, 1.165) is 31.1 Å². The molecule has 0 bridgehead atoms. The van der Waals surface area contributed by atoms with Crippen LogP contribution in [0.2, 0.25) is 0 Å². The van der Waals surface area contributed by atoms with Gasteiger partial charge in [0, 0.05) is 25.2 Å². The SMILES string of the molecule is CCOC(=O)N1CCC2(CC(N3CCC([C@@H]4CCCN4CC)CC3)C2)C1. The van der Waals surface area contributed by atoms with Gasteiger partial charge >= 0.3 is 6.09 Å². The summed E-state index contributed by atoms with van der Waals surface area (Å²) in [6.45, 7) is 11.6. The molecule has 1 aliphatic carbocycles. The molecule has 1 spiro atoms. The van der Waals surface area contributed by atoms with Crippen molar-refractivity contribution >= 4 is 6.09 Å². The number of hydrogen-bond donors (Lipinski definition) is 0. The first-order valence-corrected chi connectivity index (χ1v) is 11.0. The van der Waals surface area contributed by atoms with Crippen molar-refractivity contribution in [2.75, 3.05) is 45.9 Å². The predicted molar refractivity (Wildman–Crippen MR) is 103 cm³/mol. The van der Waals surface area contributed by atoms with E-state index >= 15 is 0 Å². The molecule has 1 amide bonds. The van der Waals surface area contributed by atoms with Gasteiger partial charge in [-0.1, -0.05) is 6.92 Å². The van der Waals surface area contributed by atoms with Gasteiger partial charge in [0.15, 0.2) is 0 Å². The Balaban J connectivity index is 1.22. The Morgan fingerprint density at radius 1 is 1.08 bits per heavy atom. The van der Waals surface area contributed by atoms with Crippen LogP contribution in [0, 0.1) is 11.3 Å². The number of carbonyl (C=O) groups excluding carboxylic acids is 1. The highest BCUT2D eigenvalue weighted by Gasteiger charge is 2.51. The lowest BCUT2D eigenvalue weighted by Crippen LogP contribution is -2.55. The van der Waals surface area contributed by atoms with Gasteiger partial charge in [-0.15, -0.1) is 0 Å². The van der Waals surface area contributed by atoms with Crippen LogP contribution in [-0.4, -0.2) is 78.8 Å². The van der Waals surface area contributed by atoms with Crippen LogP contribution in [0.3, 0.4) is 0 Å². The fourth-order valence-electron chi connectivity index (χ4n) is 6.28. The van der Waals surface area contributed by atoms with Gasteiger partial charge < -0.3 is 19.4 Å². The number of piperidine rings is 1. The Bertz CT molecular complexity index is 497. The van der Waals surface area contributed by atoms with Crippen molar-refractivity contribution < 1.29 is 9.53 Å². The lowest BCUT2D eigenvalue weighted by atomic mass is 9.64. The number of ether oxygens (including phenoxy) is 1. The summed E-state index contributed by atoms with van der Waals surface area (Å²) in [6.07, 6.45) is 9.25. The molecule has 1 saturated carbocycles. The molecule has 4 aliphatic rings. The first kappa shape index (κ1) is 18.5. The van der Waals surface area contributed by atoms with E-state index < -0.39 is 0 Å². The molecule has 4 fully saturated rings. The maximum Gasteiger partial charge on any atom is 0.409 e. The molecule has 148 valence electrons. The zero-order valence-electron chi connectivity index (χ0n) is 16.8. The van der Waals surface area contributed by atoms with Crippen LogP contribution in [0.25, 0.3) is 0 Å². The van der Waals surface area contributed by atoms with Crippen molar-refractivity contribution in [3.63, 3.8) is 0 Å². The summed E-state index contributed by atoms with van der Waals surface area (Å²) in [4.78, 5) is 19.4. The number of hydrogen-bond acceptors (Lipinski definition) is 4. The molecule has 4 rings (SSSR count). The third kappa shape index (κ3) is 3.49. The molecule has 1 atom stereocenters. The summed E-state index contributed by atoms with van der Waals surface area (Å²) in [5.74, 6) is 0.925. The third-order valence-corrected chi connectivity index (χ3v) is 7.76. The zero-order valence-corrected chi connectivity index (χ0v) is 16.8. The van der Waals surface area contributed by atoms with Gasteiger partial charge in [0.2, 0.25) is 0 Å². The molecule has 0 unspecified atom stereocenters. The highest BCUT2D eigenvalue weighted by Crippen LogP contribution is 2.51. The van der Waals surface area contributed by atoms with Crippen LogP contribution >= 0.6 is 0 Å². The zero-order chi connectivity index (χ0) is 18.1. The summed E-state index contributed by atoms with van der Waals surface area (Å²) in [6, 6.07) is 1.63. The minimum absolute atomic E-state index is 0.106. The van der Waals surface area contributed by atoms with E-state index in [1.807, 2.05) is 11.8 Å². The number of carbonyl (C=O) groups is 1. The van der Waals surface area contributed by atoms with Gasteiger partial charge in [0.05, 0.1) is 6.61 Å². The van der Waals surface area contributed by atoms with Crippen LogP contribution in [0.1, 0.15) is 58.8 Å². The Hall–Kier alpha value is -0.810. The number of rotatable bonds is 4. The molecule has 5 heteroatoms. The normalized spacial score (nSPS) is 36.6. The molecule has 0 N–H and O–H groups in total. The van der Waals surface area contributed by atoms with Gasteiger partial charge in [-0.2, -0.15) is 0 Å². The monoisotopic (exact) mass is 363 g/mol. The molecular weight excluding hydrogens is 326 g/mol. The Morgan fingerprint density at radius 3 is 2.54 bits per heavy atom. The average molecular weight is 364 g/mol. The van der Waals surface area contributed by atoms with Gasteiger partial charge in [-0.25, -0.2) is 4.79 Å².